The SMILES string of the molecule is Cc1n[nH]c(C)c1CCC(=O)Nc1n[nH]c(CCC2CCCC2)n1. The van der Waals surface area contributed by atoms with Gasteiger partial charge in [0, 0.05) is 18.5 Å². The van der Waals surface area contributed by atoms with Gasteiger partial charge < -0.3 is 0 Å². The molecule has 0 aliphatic heterocycles. The van der Waals surface area contributed by atoms with Crippen LogP contribution in [0.15, 0.2) is 0 Å². The third kappa shape index (κ3) is 4.21. The van der Waals surface area contributed by atoms with Crippen LogP contribution in [0.25, 0.3) is 0 Å². The first-order chi connectivity index (χ1) is 11.6. The molecule has 3 N–H and O–H groups in total. The third-order valence-corrected chi connectivity index (χ3v) is 4.93. The summed E-state index contributed by atoms with van der Waals surface area (Å²) in [7, 11) is 0. The molecule has 0 saturated heterocycles. The van der Waals surface area contributed by atoms with Gasteiger partial charge in [0.15, 0.2) is 0 Å². The number of aromatic nitrogens is 5. The lowest BCUT2D eigenvalue weighted by Crippen LogP contribution is -2.13. The summed E-state index contributed by atoms with van der Waals surface area (Å²) in [6.07, 6.45) is 8.51. The molecule has 1 amide bonds. The van der Waals surface area contributed by atoms with E-state index in [1.54, 1.807) is 0 Å². The number of rotatable bonds is 7. The maximum absolute atomic E-state index is 12.1. The maximum Gasteiger partial charge on any atom is 0.248 e. The van der Waals surface area contributed by atoms with Crippen molar-refractivity contribution < 1.29 is 4.79 Å². The molecule has 2 heterocycles. The molecule has 0 spiro atoms. The first-order valence-electron chi connectivity index (χ1n) is 8.83. The van der Waals surface area contributed by atoms with E-state index in [1.807, 2.05) is 13.8 Å². The van der Waals surface area contributed by atoms with Crippen molar-refractivity contribution in [2.75, 3.05) is 5.32 Å². The lowest BCUT2D eigenvalue weighted by Gasteiger charge is -2.05. The van der Waals surface area contributed by atoms with Crippen molar-refractivity contribution in [2.24, 2.45) is 5.92 Å². The zero-order chi connectivity index (χ0) is 16.9. The third-order valence-electron chi connectivity index (χ3n) is 4.93. The van der Waals surface area contributed by atoms with Gasteiger partial charge in [-0.15, -0.1) is 5.10 Å². The Morgan fingerprint density at radius 2 is 1.96 bits per heavy atom. The molecule has 2 aromatic heterocycles. The van der Waals surface area contributed by atoms with Gasteiger partial charge in [0.2, 0.25) is 11.9 Å². The summed E-state index contributed by atoms with van der Waals surface area (Å²) in [5, 5.41) is 16.9. The Morgan fingerprint density at radius 1 is 1.17 bits per heavy atom. The number of nitrogens with one attached hydrogen (secondary N) is 3. The fourth-order valence-corrected chi connectivity index (χ4v) is 3.47. The molecule has 7 nitrogen and oxygen atoms in total. The molecule has 0 atom stereocenters. The van der Waals surface area contributed by atoms with Gasteiger partial charge in [0.05, 0.1) is 5.69 Å². The molecule has 1 saturated carbocycles. The Kier molecular flexibility index (Phi) is 5.27. The van der Waals surface area contributed by atoms with Crippen molar-refractivity contribution in [3.8, 4) is 0 Å². The molecule has 0 aromatic carbocycles. The van der Waals surface area contributed by atoms with E-state index < -0.39 is 0 Å². The highest BCUT2D eigenvalue weighted by Crippen LogP contribution is 2.28. The molecule has 1 fully saturated rings. The molecular formula is C17H26N6O. The number of anilines is 1. The van der Waals surface area contributed by atoms with Gasteiger partial charge in [0.25, 0.3) is 0 Å². The largest absolute Gasteiger partial charge is 0.293 e. The van der Waals surface area contributed by atoms with Gasteiger partial charge in [-0.05, 0) is 38.2 Å². The maximum atomic E-state index is 12.1. The monoisotopic (exact) mass is 330 g/mol. The average Bonchev–Trinajstić information content (AvgIpc) is 3.27. The second-order valence-corrected chi connectivity index (χ2v) is 6.76. The molecule has 1 aliphatic rings. The van der Waals surface area contributed by atoms with Crippen LogP contribution in [0.2, 0.25) is 0 Å². The summed E-state index contributed by atoms with van der Waals surface area (Å²) in [5.41, 5.74) is 3.08. The summed E-state index contributed by atoms with van der Waals surface area (Å²) in [5.74, 6) is 1.99. The Morgan fingerprint density at radius 3 is 2.67 bits per heavy atom. The first-order valence-corrected chi connectivity index (χ1v) is 8.83. The fraction of sp³-hybridized carbons (Fsp3) is 0.647. The van der Waals surface area contributed by atoms with Crippen LogP contribution < -0.4 is 5.32 Å². The average molecular weight is 330 g/mol. The van der Waals surface area contributed by atoms with Crippen LogP contribution in [0.1, 0.15) is 61.3 Å². The van der Waals surface area contributed by atoms with Gasteiger partial charge in [-0.2, -0.15) is 10.1 Å². The molecule has 2 aromatic rings. The fourth-order valence-electron chi connectivity index (χ4n) is 3.47. The summed E-state index contributed by atoms with van der Waals surface area (Å²) in [4.78, 5) is 16.4. The standard InChI is InChI=1S/C17H26N6O/c1-11-14(12(2)21-20-11)8-10-16(24)19-17-18-15(22-23-17)9-7-13-5-3-4-6-13/h13H,3-10H2,1-2H3,(H,20,21)(H2,18,19,22,23,24). The lowest BCUT2D eigenvalue weighted by atomic mass is 10.0. The van der Waals surface area contributed by atoms with E-state index in [0.29, 0.717) is 18.8 Å². The van der Waals surface area contributed by atoms with Gasteiger partial charge in [0.1, 0.15) is 5.82 Å². The minimum Gasteiger partial charge on any atom is -0.293 e. The van der Waals surface area contributed by atoms with Gasteiger partial charge in [-0.3, -0.25) is 20.3 Å². The summed E-state index contributed by atoms with van der Waals surface area (Å²) < 4.78 is 0. The number of carbonyl (C=O) groups excluding carboxylic acids is 1. The van der Waals surface area contributed by atoms with Crippen molar-refractivity contribution in [1.29, 1.82) is 0 Å². The lowest BCUT2D eigenvalue weighted by molar-refractivity contribution is -0.116. The van der Waals surface area contributed by atoms with E-state index in [4.69, 9.17) is 0 Å². The first kappa shape index (κ1) is 16.7. The highest BCUT2D eigenvalue weighted by molar-refractivity contribution is 5.89. The van der Waals surface area contributed by atoms with E-state index in [9.17, 15) is 4.79 Å². The number of hydrogen-bond donors (Lipinski definition) is 3. The molecule has 130 valence electrons. The van der Waals surface area contributed by atoms with Gasteiger partial charge >= 0.3 is 0 Å². The van der Waals surface area contributed by atoms with E-state index in [0.717, 1.165) is 41.5 Å². The van der Waals surface area contributed by atoms with E-state index >= 15 is 0 Å². The van der Waals surface area contributed by atoms with Crippen molar-refractivity contribution in [2.45, 2.75) is 65.2 Å². The van der Waals surface area contributed by atoms with Crippen LogP contribution in [0.5, 0.6) is 0 Å². The van der Waals surface area contributed by atoms with Crippen LogP contribution in [-0.2, 0) is 17.6 Å². The Hall–Kier alpha value is -2.18. The highest BCUT2D eigenvalue weighted by Gasteiger charge is 2.16. The number of carbonyl (C=O) groups is 1. The second kappa shape index (κ2) is 7.59. The number of H-pyrrole nitrogens is 2. The van der Waals surface area contributed by atoms with Crippen molar-refractivity contribution in [3.63, 3.8) is 0 Å². The quantitative estimate of drug-likeness (QED) is 0.727. The number of nitrogens with zero attached hydrogens (tertiary/aromatic N) is 3. The van der Waals surface area contributed by atoms with Crippen molar-refractivity contribution in [1.82, 2.24) is 25.4 Å². The number of amides is 1. The number of aryl methyl sites for hydroxylation is 3. The topological polar surface area (TPSA) is 99.4 Å². The normalized spacial score (nSPS) is 15.1. The smallest absolute Gasteiger partial charge is 0.248 e. The Bertz CT molecular complexity index is 664. The molecule has 7 heteroatoms. The second-order valence-electron chi connectivity index (χ2n) is 6.76. The predicted molar refractivity (Wildman–Crippen MR) is 91.7 cm³/mol. The molecule has 0 bridgehead atoms. The molecule has 3 rings (SSSR count). The van der Waals surface area contributed by atoms with Crippen LogP contribution in [0.3, 0.4) is 0 Å². The Labute approximate surface area is 142 Å². The van der Waals surface area contributed by atoms with Gasteiger partial charge in [-0.25, -0.2) is 0 Å². The summed E-state index contributed by atoms with van der Waals surface area (Å²) >= 11 is 0. The van der Waals surface area contributed by atoms with E-state index in [-0.39, 0.29) is 5.91 Å². The molecule has 1 aliphatic carbocycles. The zero-order valence-electron chi connectivity index (χ0n) is 14.5. The zero-order valence-corrected chi connectivity index (χ0v) is 14.5. The number of aromatic amines is 2. The summed E-state index contributed by atoms with van der Waals surface area (Å²) in [6, 6.07) is 0. The van der Waals surface area contributed by atoms with E-state index in [2.05, 4.69) is 30.7 Å². The minimum atomic E-state index is -0.0728. The van der Waals surface area contributed by atoms with Crippen LogP contribution >= 0.6 is 0 Å². The molecule has 0 unspecified atom stereocenters. The van der Waals surface area contributed by atoms with Gasteiger partial charge in [-0.1, -0.05) is 25.7 Å². The minimum absolute atomic E-state index is 0.0728. The summed E-state index contributed by atoms with van der Waals surface area (Å²) in [6.45, 7) is 3.92. The highest BCUT2D eigenvalue weighted by atomic mass is 16.1. The van der Waals surface area contributed by atoms with Crippen LogP contribution in [0, 0.1) is 19.8 Å². The predicted octanol–water partition coefficient (Wildman–Crippen LogP) is 2.84. The Balaban J connectivity index is 1.44. The van der Waals surface area contributed by atoms with Crippen molar-refractivity contribution >= 4 is 11.9 Å². The number of hydrogen-bond acceptors (Lipinski definition) is 4. The van der Waals surface area contributed by atoms with Crippen LogP contribution in [-0.4, -0.2) is 31.3 Å². The molecule has 0 radical (unpaired) electrons. The van der Waals surface area contributed by atoms with Crippen molar-refractivity contribution in [3.05, 3.63) is 22.8 Å². The van der Waals surface area contributed by atoms with E-state index in [1.165, 1.54) is 25.7 Å². The van der Waals surface area contributed by atoms with Crippen LogP contribution in [0.4, 0.5) is 5.95 Å². The molecule has 24 heavy (non-hydrogen) atoms. The molecular weight excluding hydrogens is 304 g/mol.